The van der Waals surface area contributed by atoms with Gasteiger partial charge in [0.25, 0.3) is 0 Å². The minimum Gasteiger partial charge on any atom is -0.382 e. The summed E-state index contributed by atoms with van der Waals surface area (Å²) in [5.74, 6) is -0.00782. The molecule has 6 nitrogen and oxygen atoms in total. The molecule has 0 amide bonds. The predicted octanol–water partition coefficient (Wildman–Crippen LogP) is -0.700. The lowest BCUT2D eigenvalue weighted by Crippen LogP contribution is -2.22. The van der Waals surface area contributed by atoms with Gasteiger partial charge >= 0.3 is 0 Å². The van der Waals surface area contributed by atoms with Crippen molar-refractivity contribution in [3.05, 3.63) is 11.3 Å². The second-order valence-electron chi connectivity index (χ2n) is 2.08. The van der Waals surface area contributed by atoms with Gasteiger partial charge in [0.05, 0.1) is 0 Å². The third-order valence-corrected chi connectivity index (χ3v) is 1.52. The Hall–Kier alpha value is -2.12. The van der Waals surface area contributed by atoms with Crippen LogP contribution in [-0.4, -0.2) is 14.9 Å². The first-order valence-corrected chi connectivity index (χ1v) is 3.51. The number of hydrogen-bond acceptors (Lipinski definition) is 5. The summed E-state index contributed by atoms with van der Waals surface area (Å²) in [5, 5.41) is 20.7. The summed E-state index contributed by atoms with van der Waals surface area (Å²) in [5.41, 5.74) is 10.6. The molecule has 0 aromatic carbocycles. The third-order valence-electron chi connectivity index (χ3n) is 1.35. The van der Waals surface area contributed by atoms with Crippen molar-refractivity contribution in [1.29, 1.82) is 10.5 Å². The minimum atomic E-state index is -0.101. The maximum Gasteiger partial charge on any atom is 0.193 e. The van der Waals surface area contributed by atoms with Gasteiger partial charge in [-0.1, -0.05) is 0 Å². The fraction of sp³-hybridized carbons (Fsp3) is 0. The topological polar surface area (TPSA) is 117 Å². The normalized spacial score (nSPS) is 8.77. The van der Waals surface area contributed by atoms with Crippen LogP contribution in [0.5, 0.6) is 0 Å². The van der Waals surface area contributed by atoms with Crippen LogP contribution in [0.3, 0.4) is 0 Å². The third kappa shape index (κ3) is 1.28. The van der Waals surface area contributed by atoms with Crippen LogP contribution in [0.25, 0.3) is 0 Å². The fourth-order valence-corrected chi connectivity index (χ4v) is 0.927. The van der Waals surface area contributed by atoms with Crippen molar-refractivity contribution >= 4 is 23.1 Å². The number of nitriles is 2. The van der Waals surface area contributed by atoms with E-state index in [-0.39, 0.29) is 22.2 Å². The lowest BCUT2D eigenvalue weighted by atomic mass is 10.3. The van der Waals surface area contributed by atoms with E-state index < -0.39 is 0 Å². The van der Waals surface area contributed by atoms with E-state index >= 15 is 0 Å². The number of hydrogen-bond donors (Lipinski definition) is 2. The monoisotopic (exact) mass is 192 g/mol. The molecule has 1 rings (SSSR count). The molecular weight excluding hydrogens is 188 g/mol. The molecule has 0 radical (unpaired) electrons. The predicted molar refractivity (Wildman–Crippen MR) is 48.3 cm³/mol. The number of aromatic nitrogens is 2. The molecule has 0 saturated heterocycles. The SMILES string of the molecule is N#Cc1nn(C(N)=S)c(N)c1C#N. The first-order valence-electron chi connectivity index (χ1n) is 3.10. The fourth-order valence-electron chi connectivity index (χ4n) is 0.788. The van der Waals surface area contributed by atoms with Gasteiger partial charge in [0.2, 0.25) is 0 Å². The van der Waals surface area contributed by atoms with Crippen molar-refractivity contribution in [2.45, 2.75) is 0 Å². The number of anilines is 1. The molecule has 4 N–H and O–H groups in total. The van der Waals surface area contributed by atoms with E-state index in [9.17, 15) is 0 Å². The van der Waals surface area contributed by atoms with Crippen LogP contribution in [0.1, 0.15) is 11.3 Å². The lowest BCUT2D eigenvalue weighted by molar-refractivity contribution is 0.940. The molecule has 0 bridgehead atoms. The van der Waals surface area contributed by atoms with E-state index in [1.54, 1.807) is 12.1 Å². The van der Waals surface area contributed by atoms with Crippen LogP contribution in [0.15, 0.2) is 0 Å². The van der Waals surface area contributed by atoms with E-state index in [2.05, 4.69) is 17.3 Å². The molecule has 0 saturated carbocycles. The summed E-state index contributed by atoms with van der Waals surface area (Å²) < 4.78 is 0.979. The van der Waals surface area contributed by atoms with E-state index in [0.29, 0.717) is 0 Å². The zero-order chi connectivity index (χ0) is 10.0. The average molecular weight is 192 g/mol. The first kappa shape index (κ1) is 8.97. The second kappa shape index (κ2) is 3.09. The largest absolute Gasteiger partial charge is 0.382 e. The molecule has 0 atom stereocenters. The maximum absolute atomic E-state index is 8.61. The van der Waals surface area contributed by atoms with Crippen molar-refractivity contribution in [2.75, 3.05) is 5.73 Å². The zero-order valence-corrected chi connectivity index (χ0v) is 7.17. The van der Waals surface area contributed by atoms with Crippen LogP contribution in [0, 0.1) is 22.7 Å². The molecule has 0 aliphatic heterocycles. The molecule has 1 aromatic rings. The Balaban J connectivity index is 3.48. The smallest absolute Gasteiger partial charge is 0.193 e. The van der Waals surface area contributed by atoms with E-state index in [4.69, 9.17) is 22.0 Å². The standard InChI is InChI=1S/C6H4N6S/c7-1-3-4(2-8)11-12(5(3)9)6(10)13/h9H2,(H2,10,13). The second-order valence-corrected chi connectivity index (χ2v) is 2.50. The van der Waals surface area contributed by atoms with Crippen LogP contribution in [0.4, 0.5) is 5.82 Å². The van der Waals surface area contributed by atoms with Crippen molar-refractivity contribution in [1.82, 2.24) is 9.78 Å². The Morgan fingerprint density at radius 2 is 2.08 bits per heavy atom. The van der Waals surface area contributed by atoms with Gasteiger partial charge in [0, 0.05) is 0 Å². The van der Waals surface area contributed by atoms with E-state index in [0.717, 1.165) is 4.68 Å². The average Bonchev–Trinajstić information content (AvgIpc) is 2.41. The Morgan fingerprint density at radius 1 is 1.46 bits per heavy atom. The molecule has 13 heavy (non-hydrogen) atoms. The number of nitrogens with two attached hydrogens (primary N) is 2. The zero-order valence-electron chi connectivity index (χ0n) is 6.35. The van der Waals surface area contributed by atoms with Crippen molar-refractivity contribution in [3.8, 4) is 12.1 Å². The maximum atomic E-state index is 8.61. The van der Waals surface area contributed by atoms with Gasteiger partial charge in [-0.25, -0.2) is 0 Å². The molecule has 0 unspecified atom stereocenters. The highest BCUT2D eigenvalue weighted by Crippen LogP contribution is 2.13. The number of thiocarbonyl (C=S) groups is 1. The number of rotatable bonds is 0. The summed E-state index contributed by atoms with van der Waals surface area (Å²) in [6.07, 6.45) is 0. The van der Waals surface area contributed by atoms with Crippen LogP contribution in [0.2, 0.25) is 0 Å². The minimum absolute atomic E-state index is 0.00435. The van der Waals surface area contributed by atoms with Gasteiger partial charge in [0.1, 0.15) is 23.5 Å². The molecular formula is C6H4N6S. The number of nitrogens with zero attached hydrogens (tertiary/aromatic N) is 4. The van der Waals surface area contributed by atoms with E-state index in [1.807, 2.05) is 0 Å². The Kier molecular flexibility index (Phi) is 2.13. The first-order chi connectivity index (χ1) is 6.11. The van der Waals surface area contributed by atoms with Crippen molar-refractivity contribution in [3.63, 3.8) is 0 Å². The molecule has 0 spiro atoms. The van der Waals surface area contributed by atoms with Crippen LogP contribution in [-0.2, 0) is 0 Å². The Bertz CT molecular complexity index is 445. The summed E-state index contributed by atoms with van der Waals surface area (Å²) in [7, 11) is 0. The van der Waals surface area contributed by atoms with Crippen molar-refractivity contribution in [2.24, 2.45) is 5.73 Å². The molecule has 0 aliphatic rings. The van der Waals surface area contributed by atoms with Gasteiger partial charge < -0.3 is 11.5 Å². The van der Waals surface area contributed by atoms with Gasteiger partial charge in [-0.15, -0.1) is 0 Å². The molecule has 0 aliphatic carbocycles. The van der Waals surface area contributed by atoms with Gasteiger partial charge in [0.15, 0.2) is 10.8 Å². The highest BCUT2D eigenvalue weighted by molar-refractivity contribution is 7.80. The summed E-state index contributed by atoms with van der Waals surface area (Å²) in [6.45, 7) is 0. The summed E-state index contributed by atoms with van der Waals surface area (Å²) in [6, 6.07) is 3.46. The molecule has 7 heteroatoms. The number of nitrogen functional groups attached to an aromatic ring is 1. The van der Waals surface area contributed by atoms with Gasteiger partial charge in [-0.2, -0.15) is 20.3 Å². The molecule has 0 fully saturated rings. The summed E-state index contributed by atoms with van der Waals surface area (Å²) >= 11 is 4.60. The molecule has 1 heterocycles. The van der Waals surface area contributed by atoms with Crippen LogP contribution >= 0.6 is 12.2 Å². The Morgan fingerprint density at radius 3 is 2.38 bits per heavy atom. The van der Waals surface area contributed by atoms with Crippen molar-refractivity contribution < 1.29 is 0 Å². The highest BCUT2D eigenvalue weighted by Gasteiger charge is 2.15. The van der Waals surface area contributed by atoms with E-state index in [1.165, 1.54) is 0 Å². The summed E-state index contributed by atoms with van der Waals surface area (Å²) in [4.78, 5) is 0. The van der Waals surface area contributed by atoms with Gasteiger partial charge in [-0.3, -0.25) is 0 Å². The quantitative estimate of drug-likeness (QED) is 0.525. The lowest BCUT2D eigenvalue weighted by Gasteiger charge is -1.97. The molecule has 64 valence electrons. The van der Waals surface area contributed by atoms with Gasteiger partial charge in [-0.05, 0) is 12.2 Å². The van der Waals surface area contributed by atoms with Crippen LogP contribution < -0.4 is 11.5 Å². The highest BCUT2D eigenvalue weighted by atomic mass is 32.1. The Labute approximate surface area is 79.0 Å². The molecule has 1 aromatic heterocycles.